The molecule has 2 rings (SSSR count). The zero-order valence-corrected chi connectivity index (χ0v) is 9.53. The van der Waals surface area contributed by atoms with Gasteiger partial charge in [0.2, 0.25) is 5.91 Å². The lowest BCUT2D eigenvalue weighted by atomic mass is 10.2. The van der Waals surface area contributed by atoms with Crippen LogP contribution in [0, 0.1) is 0 Å². The number of nitrogens with zero attached hydrogens (tertiary/aromatic N) is 5. The van der Waals surface area contributed by atoms with Gasteiger partial charge in [-0.3, -0.25) is 9.48 Å². The van der Waals surface area contributed by atoms with Gasteiger partial charge in [-0.15, -0.1) is 10.2 Å². The number of carbonyl (C=O) groups excluding carboxylic acids is 1. The summed E-state index contributed by atoms with van der Waals surface area (Å²) in [4.78, 5) is 11.9. The molecule has 2 aromatic heterocycles. The smallest absolute Gasteiger partial charge is 0.245 e. The standard InChI is InChI=1S/C9H13N7O/c1-6(8-12-14-15-13-8)11-9(17)7(2)16-5-3-4-10-16/h3-7H,1-2H3,(H,11,17)(H,12,13,14,15). The van der Waals surface area contributed by atoms with Crippen molar-refractivity contribution in [2.24, 2.45) is 0 Å². The minimum atomic E-state index is -0.376. The average Bonchev–Trinajstić information content (AvgIpc) is 3.00. The van der Waals surface area contributed by atoms with E-state index < -0.39 is 0 Å². The molecule has 0 bridgehead atoms. The van der Waals surface area contributed by atoms with Crippen LogP contribution in [0.25, 0.3) is 0 Å². The molecule has 90 valence electrons. The van der Waals surface area contributed by atoms with Crippen molar-refractivity contribution in [2.45, 2.75) is 25.9 Å². The van der Waals surface area contributed by atoms with Crippen molar-refractivity contribution in [3.63, 3.8) is 0 Å². The first-order valence-electron chi connectivity index (χ1n) is 5.21. The third-order valence-corrected chi connectivity index (χ3v) is 2.41. The van der Waals surface area contributed by atoms with Crippen molar-refractivity contribution in [1.82, 2.24) is 35.7 Å². The topological polar surface area (TPSA) is 101 Å². The van der Waals surface area contributed by atoms with Gasteiger partial charge in [0.05, 0.1) is 6.04 Å². The molecule has 2 heterocycles. The third kappa shape index (κ3) is 2.47. The number of tetrazole rings is 1. The zero-order chi connectivity index (χ0) is 12.3. The Kier molecular flexibility index (Phi) is 3.12. The molecule has 0 saturated carbocycles. The predicted octanol–water partition coefficient (Wildman–Crippen LogP) is -0.165. The van der Waals surface area contributed by atoms with Crippen LogP contribution in [0.3, 0.4) is 0 Å². The van der Waals surface area contributed by atoms with Gasteiger partial charge in [-0.2, -0.15) is 10.3 Å². The van der Waals surface area contributed by atoms with Crippen LogP contribution in [0.4, 0.5) is 0 Å². The molecule has 8 nitrogen and oxygen atoms in total. The van der Waals surface area contributed by atoms with E-state index in [2.05, 4.69) is 31.0 Å². The number of aromatic amines is 1. The van der Waals surface area contributed by atoms with Crippen molar-refractivity contribution < 1.29 is 4.79 Å². The summed E-state index contributed by atoms with van der Waals surface area (Å²) in [7, 11) is 0. The van der Waals surface area contributed by atoms with Crippen LogP contribution in [0.1, 0.15) is 31.8 Å². The second kappa shape index (κ2) is 4.73. The third-order valence-electron chi connectivity index (χ3n) is 2.41. The van der Waals surface area contributed by atoms with E-state index in [9.17, 15) is 4.79 Å². The molecule has 0 radical (unpaired) electrons. The van der Waals surface area contributed by atoms with Crippen molar-refractivity contribution >= 4 is 5.91 Å². The molecular formula is C9H13N7O. The number of hydrogen-bond acceptors (Lipinski definition) is 5. The molecule has 1 amide bonds. The Morgan fingerprint density at radius 1 is 1.53 bits per heavy atom. The Balaban J connectivity index is 1.98. The molecule has 0 aliphatic rings. The number of carbonyl (C=O) groups is 1. The second-order valence-corrected chi connectivity index (χ2v) is 3.66. The van der Waals surface area contributed by atoms with E-state index in [4.69, 9.17) is 0 Å². The molecule has 2 unspecified atom stereocenters. The van der Waals surface area contributed by atoms with Gasteiger partial charge in [0, 0.05) is 12.4 Å². The zero-order valence-electron chi connectivity index (χ0n) is 9.53. The van der Waals surface area contributed by atoms with Gasteiger partial charge < -0.3 is 5.32 Å². The van der Waals surface area contributed by atoms with E-state index in [-0.39, 0.29) is 18.0 Å². The fourth-order valence-electron chi connectivity index (χ4n) is 1.38. The van der Waals surface area contributed by atoms with Crippen LogP contribution in [0.2, 0.25) is 0 Å². The molecule has 0 aliphatic heterocycles. The van der Waals surface area contributed by atoms with Gasteiger partial charge >= 0.3 is 0 Å². The second-order valence-electron chi connectivity index (χ2n) is 3.66. The van der Waals surface area contributed by atoms with Crippen molar-refractivity contribution in [1.29, 1.82) is 0 Å². The number of amides is 1. The quantitative estimate of drug-likeness (QED) is 0.766. The maximum absolute atomic E-state index is 11.9. The van der Waals surface area contributed by atoms with Gasteiger partial charge in [0.25, 0.3) is 0 Å². The normalized spacial score (nSPS) is 14.2. The van der Waals surface area contributed by atoms with Gasteiger partial charge in [-0.1, -0.05) is 5.21 Å². The van der Waals surface area contributed by atoms with E-state index in [0.29, 0.717) is 5.82 Å². The Bertz CT molecular complexity index is 464. The SMILES string of the molecule is CC(NC(=O)C(C)n1cccn1)c1nn[nH]n1. The molecule has 0 aliphatic carbocycles. The summed E-state index contributed by atoms with van der Waals surface area (Å²) in [6, 6.07) is 1.10. The van der Waals surface area contributed by atoms with Crippen LogP contribution in [0.15, 0.2) is 18.5 Å². The number of aromatic nitrogens is 6. The Labute approximate surface area is 97.4 Å². The van der Waals surface area contributed by atoms with Crippen LogP contribution >= 0.6 is 0 Å². The lowest BCUT2D eigenvalue weighted by Gasteiger charge is -2.15. The van der Waals surface area contributed by atoms with Crippen LogP contribution in [-0.4, -0.2) is 36.3 Å². The highest BCUT2D eigenvalue weighted by Crippen LogP contribution is 2.08. The summed E-state index contributed by atoms with van der Waals surface area (Å²) in [6.07, 6.45) is 3.37. The summed E-state index contributed by atoms with van der Waals surface area (Å²) >= 11 is 0. The molecule has 0 fully saturated rings. The monoisotopic (exact) mass is 235 g/mol. The van der Waals surface area contributed by atoms with Gasteiger partial charge in [0.15, 0.2) is 5.82 Å². The summed E-state index contributed by atoms with van der Waals surface area (Å²) in [5.74, 6) is 0.303. The predicted molar refractivity (Wildman–Crippen MR) is 57.7 cm³/mol. The summed E-state index contributed by atoms with van der Waals surface area (Å²) in [6.45, 7) is 3.56. The Hall–Kier alpha value is -2.25. The van der Waals surface area contributed by atoms with Crippen LogP contribution in [0.5, 0.6) is 0 Å². The molecule has 0 aromatic carbocycles. The highest BCUT2D eigenvalue weighted by Gasteiger charge is 2.19. The van der Waals surface area contributed by atoms with Crippen molar-refractivity contribution in [2.75, 3.05) is 0 Å². The maximum Gasteiger partial charge on any atom is 0.245 e. The highest BCUT2D eigenvalue weighted by atomic mass is 16.2. The van der Waals surface area contributed by atoms with Gasteiger partial charge in [-0.05, 0) is 19.9 Å². The summed E-state index contributed by atoms with van der Waals surface area (Å²) in [5, 5.41) is 20.2. The molecule has 2 N–H and O–H groups in total. The van der Waals surface area contributed by atoms with Crippen LogP contribution in [-0.2, 0) is 4.79 Å². The van der Waals surface area contributed by atoms with E-state index in [1.807, 2.05) is 0 Å². The van der Waals surface area contributed by atoms with E-state index in [1.165, 1.54) is 0 Å². The molecular weight excluding hydrogens is 222 g/mol. The summed E-state index contributed by atoms with van der Waals surface area (Å²) in [5.41, 5.74) is 0. The number of H-pyrrole nitrogens is 1. The first-order chi connectivity index (χ1) is 8.18. The van der Waals surface area contributed by atoms with Crippen molar-refractivity contribution in [3.8, 4) is 0 Å². The molecule has 2 atom stereocenters. The summed E-state index contributed by atoms with van der Waals surface area (Å²) < 4.78 is 1.58. The van der Waals surface area contributed by atoms with E-state index >= 15 is 0 Å². The Morgan fingerprint density at radius 2 is 2.35 bits per heavy atom. The molecule has 8 heteroatoms. The number of hydrogen-bond donors (Lipinski definition) is 2. The van der Waals surface area contributed by atoms with E-state index in [1.54, 1.807) is 37.0 Å². The lowest BCUT2D eigenvalue weighted by molar-refractivity contribution is -0.124. The average molecular weight is 235 g/mol. The fraction of sp³-hybridized carbons (Fsp3) is 0.444. The van der Waals surface area contributed by atoms with E-state index in [0.717, 1.165) is 0 Å². The number of rotatable bonds is 4. The van der Waals surface area contributed by atoms with Gasteiger partial charge in [0.1, 0.15) is 6.04 Å². The lowest BCUT2D eigenvalue weighted by Crippen LogP contribution is -2.33. The van der Waals surface area contributed by atoms with Gasteiger partial charge in [-0.25, -0.2) is 0 Å². The molecule has 17 heavy (non-hydrogen) atoms. The maximum atomic E-state index is 11.9. The largest absolute Gasteiger partial charge is 0.344 e. The molecule has 2 aromatic rings. The number of nitrogens with one attached hydrogen (secondary N) is 2. The Morgan fingerprint density at radius 3 is 2.94 bits per heavy atom. The minimum Gasteiger partial charge on any atom is -0.344 e. The fourth-order valence-corrected chi connectivity index (χ4v) is 1.38. The molecule has 0 spiro atoms. The first kappa shape index (κ1) is 11.2. The minimum absolute atomic E-state index is 0.147. The highest BCUT2D eigenvalue weighted by molar-refractivity contribution is 5.80. The van der Waals surface area contributed by atoms with Crippen LogP contribution < -0.4 is 5.32 Å². The van der Waals surface area contributed by atoms with Crippen molar-refractivity contribution in [3.05, 3.63) is 24.3 Å². The first-order valence-corrected chi connectivity index (χ1v) is 5.21. The molecule has 0 saturated heterocycles.